The first kappa shape index (κ1) is 23.2. The highest BCUT2D eigenvalue weighted by Gasteiger charge is 2.17. The molecule has 9 heteroatoms. The highest BCUT2D eigenvalue weighted by Crippen LogP contribution is 2.38. The third-order valence-corrected chi connectivity index (χ3v) is 4.61. The van der Waals surface area contributed by atoms with Crippen molar-refractivity contribution in [2.75, 3.05) is 27.9 Å². The fraction of sp³-hybridized carbons (Fsp3) is 0.333. The van der Waals surface area contributed by atoms with Crippen LogP contribution in [0, 0.1) is 6.92 Å². The summed E-state index contributed by atoms with van der Waals surface area (Å²) in [6.07, 6.45) is 0.662. The molecule has 0 spiro atoms. The van der Waals surface area contributed by atoms with Gasteiger partial charge in [-0.2, -0.15) is 0 Å². The zero-order valence-corrected chi connectivity index (χ0v) is 18.1. The Balaban J connectivity index is 1.81. The second kappa shape index (κ2) is 11.2. The van der Waals surface area contributed by atoms with Gasteiger partial charge in [0.1, 0.15) is 5.75 Å². The maximum absolute atomic E-state index is 12.3. The van der Waals surface area contributed by atoms with Crippen LogP contribution in [0.25, 0.3) is 0 Å². The lowest BCUT2D eigenvalue weighted by Gasteiger charge is -2.14. The molecule has 0 atom stereocenters. The standard InChI is InChI=1S/C21H25ClN2O6/c1-13-10-15(7-8-16(13)22)30-9-5-6-19(25)23-24-21(26)14-11-17(27-2)20(29-4)18(12-14)28-3/h7-8,10-12H,5-6,9H2,1-4H3,(H,23,25)(H,24,26). The number of nitrogens with one attached hydrogen (secondary N) is 2. The summed E-state index contributed by atoms with van der Waals surface area (Å²) < 4.78 is 21.2. The van der Waals surface area contributed by atoms with Gasteiger partial charge in [0.25, 0.3) is 5.91 Å². The zero-order valence-electron chi connectivity index (χ0n) is 17.3. The summed E-state index contributed by atoms with van der Waals surface area (Å²) in [6, 6.07) is 8.35. The number of benzene rings is 2. The maximum atomic E-state index is 12.3. The molecule has 0 bridgehead atoms. The first-order valence-corrected chi connectivity index (χ1v) is 9.55. The normalized spacial score (nSPS) is 10.2. The highest BCUT2D eigenvalue weighted by molar-refractivity contribution is 6.31. The van der Waals surface area contributed by atoms with Crippen molar-refractivity contribution in [2.24, 2.45) is 0 Å². The van der Waals surface area contributed by atoms with Gasteiger partial charge in [-0.05, 0) is 49.2 Å². The summed E-state index contributed by atoms with van der Waals surface area (Å²) in [6.45, 7) is 2.24. The van der Waals surface area contributed by atoms with Crippen LogP contribution >= 0.6 is 11.6 Å². The van der Waals surface area contributed by atoms with Crippen molar-refractivity contribution in [3.63, 3.8) is 0 Å². The minimum absolute atomic E-state index is 0.183. The Kier molecular flexibility index (Phi) is 8.61. The molecule has 0 saturated carbocycles. The molecule has 2 amide bonds. The second-order valence-corrected chi connectivity index (χ2v) is 6.69. The number of methoxy groups -OCH3 is 3. The average molecular weight is 437 g/mol. The predicted octanol–water partition coefficient (Wildman–Crippen LogP) is 3.29. The Morgan fingerprint density at radius 2 is 1.63 bits per heavy atom. The molecule has 8 nitrogen and oxygen atoms in total. The van der Waals surface area contributed by atoms with Crippen molar-refractivity contribution in [3.05, 3.63) is 46.5 Å². The Labute approximate surface area is 180 Å². The molecule has 0 aliphatic carbocycles. The smallest absolute Gasteiger partial charge is 0.269 e. The molecule has 2 aromatic carbocycles. The fourth-order valence-corrected chi connectivity index (χ4v) is 2.72. The largest absolute Gasteiger partial charge is 0.494 e. The minimum Gasteiger partial charge on any atom is -0.494 e. The van der Waals surface area contributed by atoms with Crippen LogP contribution in [0.2, 0.25) is 5.02 Å². The summed E-state index contributed by atoms with van der Waals surface area (Å²) in [7, 11) is 4.38. The van der Waals surface area contributed by atoms with Crippen LogP contribution in [0.15, 0.2) is 30.3 Å². The minimum atomic E-state index is -0.518. The monoisotopic (exact) mass is 436 g/mol. The first-order valence-electron chi connectivity index (χ1n) is 9.17. The maximum Gasteiger partial charge on any atom is 0.269 e. The molecule has 2 rings (SSSR count). The van der Waals surface area contributed by atoms with E-state index in [9.17, 15) is 9.59 Å². The van der Waals surface area contributed by atoms with Gasteiger partial charge in [0.2, 0.25) is 11.7 Å². The van der Waals surface area contributed by atoms with Crippen LogP contribution in [-0.2, 0) is 4.79 Å². The van der Waals surface area contributed by atoms with Crippen LogP contribution in [0.5, 0.6) is 23.0 Å². The van der Waals surface area contributed by atoms with Crippen LogP contribution in [0.1, 0.15) is 28.8 Å². The van der Waals surface area contributed by atoms with E-state index in [-0.39, 0.29) is 17.9 Å². The van der Waals surface area contributed by atoms with Crippen molar-refractivity contribution >= 4 is 23.4 Å². The van der Waals surface area contributed by atoms with E-state index >= 15 is 0 Å². The number of amides is 2. The lowest BCUT2D eigenvalue weighted by Crippen LogP contribution is -2.41. The van der Waals surface area contributed by atoms with E-state index in [1.165, 1.54) is 33.5 Å². The van der Waals surface area contributed by atoms with E-state index < -0.39 is 5.91 Å². The quantitative estimate of drug-likeness (QED) is 0.462. The van der Waals surface area contributed by atoms with Gasteiger partial charge in [-0.3, -0.25) is 20.4 Å². The van der Waals surface area contributed by atoms with Crippen LogP contribution in [0.3, 0.4) is 0 Å². The Hall–Kier alpha value is -3.13. The molecule has 30 heavy (non-hydrogen) atoms. The van der Waals surface area contributed by atoms with Gasteiger partial charge in [0.15, 0.2) is 11.5 Å². The molecule has 0 fully saturated rings. The Morgan fingerprint density at radius 3 is 2.20 bits per heavy atom. The molecule has 0 unspecified atom stereocenters. The molecule has 0 saturated heterocycles. The molecule has 2 N–H and O–H groups in total. The van der Waals surface area contributed by atoms with E-state index in [1.54, 1.807) is 12.1 Å². The Morgan fingerprint density at radius 1 is 0.967 bits per heavy atom. The molecule has 2 aromatic rings. The van der Waals surface area contributed by atoms with E-state index in [4.69, 9.17) is 30.5 Å². The molecule has 0 heterocycles. The van der Waals surface area contributed by atoms with Gasteiger partial charge >= 0.3 is 0 Å². The second-order valence-electron chi connectivity index (χ2n) is 6.28. The van der Waals surface area contributed by atoms with Crippen molar-refractivity contribution in [2.45, 2.75) is 19.8 Å². The molecule has 0 aliphatic rings. The van der Waals surface area contributed by atoms with Gasteiger partial charge in [-0.1, -0.05) is 11.6 Å². The number of hydrogen-bond donors (Lipinski definition) is 2. The molecular formula is C21H25ClN2O6. The van der Waals surface area contributed by atoms with E-state index in [1.807, 2.05) is 13.0 Å². The lowest BCUT2D eigenvalue weighted by atomic mass is 10.1. The van der Waals surface area contributed by atoms with Gasteiger partial charge in [-0.15, -0.1) is 0 Å². The molecule has 0 aromatic heterocycles. The predicted molar refractivity (Wildman–Crippen MR) is 113 cm³/mol. The summed E-state index contributed by atoms with van der Waals surface area (Å²) in [5.41, 5.74) is 5.90. The summed E-state index contributed by atoms with van der Waals surface area (Å²) in [4.78, 5) is 24.3. The van der Waals surface area contributed by atoms with E-state index in [2.05, 4.69) is 10.9 Å². The number of halogens is 1. The van der Waals surface area contributed by atoms with Crippen LogP contribution in [0.4, 0.5) is 0 Å². The van der Waals surface area contributed by atoms with Crippen molar-refractivity contribution in [3.8, 4) is 23.0 Å². The third kappa shape index (κ3) is 6.18. The topological polar surface area (TPSA) is 95.1 Å². The fourth-order valence-electron chi connectivity index (χ4n) is 2.60. The summed E-state index contributed by atoms with van der Waals surface area (Å²) in [5.74, 6) is 0.873. The summed E-state index contributed by atoms with van der Waals surface area (Å²) in [5, 5.41) is 0.671. The lowest BCUT2D eigenvalue weighted by molar-refractivity contribution is -0.122. The number of hydrogen-bond acceptors (Lipinski definition) is 6. The highest BCUT2D eigenvalue weighted by atomic mass is 35.5. The SMILES string of the molecule is COc1cc(C(=O)NNC(=O)CCCOc2ccc(Cl)c(C)c2)cc(OC)c1OC. The van der Waals surface area contributed by atoms with Gasteiger partial charge in [0, 0.05) is 17.0 Å². The number of carbonyl (C=O) groups is 2. The first-order chi connectivity index (χ1) is 14.4. The number of hydrazine groups is 1. The third-order valence-electron chi connectivity index (χ3n) is 4.19. The van der Waals surface area contributed by atoms with Crippen molar-refractivity contribution in [1.82, 2.24) is 10.9 Å². The Bertz CT molecular complexity index is 878. The van der Waals surface area contributed by atoms with E-state index in [0.29, 0.717) is 41.0 Å². The molecule has 0 aliphatic heterocycles. The molecule has 162 valence electrons. The van der Waals surface area contributed by atoms with Gasteiger partial charge in [0.05, 0.1) is 27.9 Å². The number of rotatable bonds is 9. The number of carbonyl (C=O) groups excluding carboxylic acids is 2. The number of ether oxygens (including phenoxy) is 4. The number of aryl methyl sites for hydroxylation is 1. The summed E-state index contributed by atoms with van der Waals surface area (Å²) >= 11 is 5.97. The molecule has 0 radical (unpaired) electrons. The van der Waals surface area contributed by atoms with Crippen molar-refractivity contribution in [1.29, 1.82) is 0 Å². The average Bonchev–Trinajstić information content (AvgIpc) is 2.76. The van der Waals surface area contributed by atoms with Crippen LogP contribution in [-0.4, -0.2) is 39.8 Å². The van der Waals surface area contributed by atoms with Gasteiger partial charge in [-0.25, -0.2) is 0 Å². The van der Waals surface area contributed by atoms with Crippen LogP contribution < -0.4 is 29.8 Å². The van der Waals surface area contributed by atoms with Gasteiger partial charge < -0.3 is 18.9 Å². The van der Waals surface area contributed by atoms with E-state index in [0.717, 1.165) is 5.56 Å². The molecular weight excluding hydrogens is 412 g/mol. The zero-order chi connectivity index (χ0) is 22.1. The van der Waals surface area contributed by atoms with Crippen molar-refractivity contribution < 1.29 is 28.5 Å².